The normalized spacial score (nSPS) is 9.61. The number of nitrogens with zero attached hydrogens (tertiary/aromatic N) is 2. The van der Waals surface area contributed by atoms with E-state index in [0.717, 1.165) is 11.1 Å². The summed E-state index contributed by atoms with van der Waals surface area (Å²) in [6.45, 7) is 6.50. The fraction of sp³-hybridized carbons (Fsp3) is 0.105. The monoisotopic (exact) mass is 659 g/mol. The molecule has 0 atom stereocenters. The summed E-state index contributed by atoms with van der Waals surface area (Å²) in [7, 11) is 0. The maximum Gasteiger partial charge on any atom is 0.431 e. The number of benzene rings is 2. The molecule has 3 aromatic rings. The zero-order chi connectivity index (χ0) is 22.5. The first-order chi connectivity index (χ1) is 13.7. The Balaban J connectivity index is -0.000000413. The second-order valence-corrected chi connectivity index (χ2v) is 4.66. The Labute approximate surface area is 198 Å². The largest absolute Gasteiger partial charge is 0.571 e. The molecule has 0 aliphatic heterocycles. The van der Waals surface area contributed by atoms with Crippen LogP contribution in [0.2, 0.25) is 0 Å². The molecule has 0 amide bonds. The van der Waals surface area contributed by atoms with E-state index in [1.807, 2.05) is 48.5 Å². The second kappa shape index (κ2) is 16.4. The zero-order valence-electron chi connectivity index (χ0n) is 15.0. The summed E-state index contributed by atoms with van der Waals surface area (Å²) < 4.78 is 70.3. The van der Waals surface area contributed by atoms with Gasteiger partial charge in [-0.15, -0.1) is 12.1 Å². The Morgan fingerprint density at radius 1 is 0.774 bits per heavy atom. The van der Waals surface area contributed by atoms with E-state index < -0.39 is 23.7 Å². The van der Waals surface area contributed by atoms with Gasteiger partial charge in [-0.1, -0.05) is 0 Å². The number of rotatable bonds is 1. The smallest absolute Gasteiger partial charge is 0.431 e. The van der Waals surface area contributed by atoms with Crippen molar-refractivity contribution >= 4 is 13.6 Å². The molecule has 0 aliphatic rings. The van der Waals surface area contributed by atoms with Crippen LogP contribution in [0, 0.1) is 12.1 Å². The molecule has 12 heteroatoms. The van der Waals surface area contributed by atoms with E-state index in [9.17, 15) is 26.3 Å². The van der Waals surface area contributed by atoms with Crippen LogP contribution < -0.4 is 5.10 Å². The fourth-order valence-corrected chi connectivity index (χ4v) is 1.69. The summed E-state index contributed by atoms with van der Waals surface area (Å²) in [6.07, 6.45) is -9.78. The number of carbonyl (C=O) groups excluding carboxylic acids is 2. The van der Waals surface area contributed by atoms with Gasteiger partial charge in [0.2, 0.25) is 0 Å². The van der Waals surface area contributed by atoms with Gasteiger partial charge in [0.15, 0.2) is 0 Å². The molecule has 4 nitrogen and oxygen atoms in total. The summed E-state index contributed by atoms with van der Waals surface area (Å²) in [4.78, 5) is 15.5. The van der Waals surface area contributed by atoms with Crippen molar-refractivity contribution in [3.05, 3.63) is 78.1 Å². The Morgan fingerprint density at radius 2 is 1.19 bits per heavy atom. The maximum absolute atomic E-state index is 11.7. The summed E-state index contributed by atoms with van der Waals surface area (Å²) in [5.41, 5.74) is -1.09. The summed E-state index contributed by atoms with van der Waals surface area (Å²) in [5.74, 6) is 0. The third kappa shape index (κ3) is 12.2. The van der Waals surface area contributed by atoms with Gasteiger partial charge in [0.25, 0.3) is 0 Å². The van der Waals surface area contributed by atoms with E-state index in [-0.39, 0.29) is 43.3 Å². The third-order valence-corrected chi connectivity index (χ3v) is 2.83. The molecule has 3 rings (SSSR count). The zero-order valence-corrected chi connectivity index (χ0v) is 18.8. The maximum atomic E-state index is 11.7. The fourth-order valence-electron chi connectivity index (χ4n) is 1.69. The molecule has 1 heterocycles. The van der Waals surface area contributed by atoms with Gasteiger partial charge in [0, 0.05) is 37.2 Å². The molecule has 0 fully saturated rings. The third-order valence-electron chi connectivity index (χ3n) is 2.83. The van der Waals surface area contributed by atoms with Crippen LogP contribution in [0.4, 0.5) is 26.3 Å². The van der Waals surface area contributed by atoms with Gasteiger partial charge in [0.05, 0.1) is 0 Å². The molecule has 0 saturated heterocycles. The van der Waals surface area contributed by atoms with Crippen LogP contribution in [0.5, 0.6) is 0 Å². The average molecular weight is 658 g/mol. The minimum atomic E-state index is -4.89. The van der Waals surface area contributed by atoms with E-state index in [0.29, 0.717) is 0 Å². The van der Waals surface area contributed by atoms with Crippen LogP contribution in [0.1, 0.15) is 11.4 Å². The number of hydrogen-bond acceptors (Lipinski definition) is 3. The quantitative estimate of drug-likeness (QED) is 0.220. The molecule has 2 radical (unpaired) electrons. The second-order valence-electron chi connectivity index (χ2n) is 4.66. The van der Waals surface area contributed by atoms with E-state index in [1.54, 1.807) is 0 Å². The van der Waals surface area contributed by atoms with Crippen molar-refractivity contribution in [1.82, 2.24) is 10.2 Å². The van der Waals surface area contributed by atoms with E-state index in [2.05, 4.69) is 35.9 Å². The van der Waals surface area contributed by atoms with E-state index >= 15 is 0 Å². The number of aromatic nitrogens is 2. The van der Waals surface area contributed by atoms with E-state index in [4.69, 9.17) is 9.59 Å². The van der Waals surface area contributed by atoms with Crippen molar-refractivity contribution in [1.29, 1.82) is 0 Å². The topological polar surface area (TPSA) is 61.1 Å². The number of alkyl halides is 6. The van der Waals surface area contributed by atoms with Crippen LogP contribution in [0.25, 0.3) is 11.1 Å². The van der Waals surface area contributed by atoms with Gasteiger partial charge in [-0.25, -0.2) is 11.1 Å². The Bertz CT molecular complexity index is 763. The first kappa shape index (κ1) is 33.4. The molecule has 0 unspecified atom stereocenters. The van der Waals surface area contributed by atoms with Crippen molar-refractivity contribution in [2.45, 2.75) is 12.4 Å². The van der Waals surface area contributed by atoms with Crippen molar-refractivity contribution < 1.29 is 73.1 Å². The molecule has 0 N–H and O–H groups in total. The minimum Gasteiger partial charge on any atom is -0.571 e. The Morgan fingerprint density at radius 3 is 1.42 bits per heavy atom. The van der Waals surface area contributed by atoms with Gasteiger partial charge >= 0.3 is 12.4 Å². The number of hydrogen-bond donors (Lipinski definition) is 0. The standard InChI is InChI=1S/C12H8.C5HF6N2.2CHO.Co.Re/c1-3-7-11(8-4-1)12-9-5-2-6-10-12;6-4(7,8)2-1-3(13-12-2)5(9,10)11;2*1-2;;/h1-7,9H;1H;2*1H;;/q-2;3*-1;;. The molecule has 0 aliphatic carbocycles. The van der Waals surface area contributed by atoms with Gasteiger partial charge in [-0.05, 0) is 11.8 Å². The average Bonchev–Trinajstić information content (AvgIpc) is 3.25. The van der Waals surface area contributed by atoms with Crippen LogP contribution >= 0.6 is 0 Å². The molecule has 31 heavy (non-hydrogen) atoms. The molecule has 2 aromatic carbocycles. The van der Waals surface area contributed by atoms with Crippen molar-refractivity contribution in [2.75, 3.05) is 0 Å². The summed E-state index contributed by atoms with van der Waals surface area (Å²) in [6, 6.07) is 22.0. The molecule has 0 saturated carbocycles. The summed E-state index contributed by atoms with van der Waals surface area (Å²) >= 11 is 0. The van der Waals surface area contributed by atoms with Crippen molar-refractivity contribution in [2.24, 2.45) is 0 Å². The minimum absolute atomic E-state index is 0. The molecule has 0 bridgehead atoms. The van der Waals surface area contributed by atoms with Gasteiger partial charge in [-0.2, -0.15) is 74.9 Å². The summed E-state index contributed by atoms with van der Waals surface area (Å²) in [5, 5.41) is 4.72. The Kier molecular flexibility index (Phi) is 17.7. The van der Waals surface area contributed by atoms with Crippen LogP contribution in [0.3, 0.4) is 0 Å². The molecule has 0 spiro atoms. The van der Waals surface area contributed by atoms with Gasteiger partial charge < -0.3 is 19.8 Å². The predicted octanol–water partition coefficient (Wildman–Crippen LogP) is 4.48. The van der Waals surface area contributed by atoms with E-state index in [1.165, 1.54) is 0 Å². The molecular formula is C19H11CoF6N2O2Re-5. The molecule has 1 aromatic heterocycles. The predicted molar refractivity (Wildman–Crippen MR) is 90.6 cm³/mol. The SMILES string of the molecule is FC(F)(F)c1cc(C(F)(F)F)[n-]n1.[CH-]=O.[CH-]=O.[Co].[Re].[c-]1ccccc1-c1[c-]cccc1. The molecule has 172 valence electrons. The van der Waals surface area contributed by atoms with Crippen LogP contribution in [-0.4, -0.2) is 18.7 Å². The van der Waals surface area contributed by atoms with Gasteiger partial charge in [0.1, 0.15) is 5.69 Å². The first-order valence-corrected chi connectivity index (χ1v) is 7.23. The van der Waals surface area contributed by atoms with Crippen molar-refractivity contribution in [3.8, 4) is 11.1 Å². The first-order valence-electron chi connectivity index (χ1n) is 7.23. The molecular weight excluding hydrogens is 647 g/mol. The van der Waals surface area contributed by atoms with Gasteiger partial charge in [-0.3, -0.25) is 13.6 Å². The van der Waals surface area contributed by atoms with Crippen LogP contribution in [0.15, 0.2) is 54.6 Å². The Hall–Kier alpha value is -2.26. The van der Waals surface area contributed by atoms with Crippen LogP contribution in [-0.2, 0) is 59.1 Å². The number of halogens is 6. The van der Waals surface area contributed by atoms with Crippen molar-refractivity contribution in [3.63, 3.8) is 0 Å².